The normalized spacial score (nSPS) is 12.4. The molecule has 0 aliphatic carbocycles. The Hall–Kier alpha value is -1.32. The summed E-state index contributed by atoms with van der Waals surface area (Å²) < 4.78 is 0. The van der Waals surface area contributed by atoms with Crippen LogP contribution in [0.1, 0.15) is 111 Å². The number of carbonyl (C=O) groups excluding carboxylic acids is 1. The van der Waals surface area contributed by atoms with Gasteiger partial charge in [-0.1, -0.05) is 89.7 Å². The number of carboxylic acids is 1. The molecule has 0 heterocycles. The van der Waals surface area contributed by atoms with Crippen molar-refractivity contribution in [2.24, 2.45) is 5.92 Å². The summed E-state index contributed by atoms with van der Waals surface area (Å²) in [6.45, 7) is 7.36. The molecule has 0 spiro atoms. The Labute approximate surface area is 173 Å². The lowest BCUT2D eigenvalue weighted by molar-refractivity contribution is -0.143. The van der Waals surface area contributed by atoms with Crippen molar-refractivity contribution in [3.05, 3.63) is 12.2 Å². The molecule has 0 aliphatic heterocycles. The highest BCUT2D eigenvalue weighted by molar-refractivity contribution is 5.84. The zero-order chi connectivity index (χ0) is 21.0. The minimum absolute atomic E-state index is 0.0710. The van der Waals surface area contributed by atoms with Crippen LogP contribution in [0.25, 0.3) is 0 Å². The maximum atomic E-state index is 12.4. The molecule has 28 heavy (non-hydrogen) atoms. The van der Waals surface area contributed by atoms with E-state index in [1.54, 1.807) is 4.90 Å². The number of nitrogens with zero attached hydrogens (tertiary/aromatic N) is 1. The van der Waals surface area contributed by atoms with Crippen LogP contribution in [0.3, 0.4) is 0 Å². The van der Waals surface area contributed by atoms with E-state index in [-0.39, 0.29) is 12.3 Å². The molecular formula is C24H45NO3. The van der Waals surface area contributed by atoms with Crippen LogP contribution in [0.4, 0.5) is 0 Å². The van der Waals surface area contributed by atoms with Gasteiger partial charge in [-0.15, -0.1) is 0 Å². The largest absolute Gasteiger partial charge is 0.481 e. The zero-order valence-corrected chi connectivity index (χ0v) is 18.8. The number of allylic oxidation sites excluding steroid dienone is 1. The van der Waals surface area contributed by atoms with Crippen LogP contribution in [-0.4, -0.2) is 35.0 Å². The molecule has 0 aromatic rings. The van der Waals surface area contributed by atoms with Crippen molar-refractivity contribution in [2.45, 2.75) is 111 Å². The maximum Gasteiger partial charge on any atom is 0.304 e. The van der Waals surface area contributed by atoms with Gasteiger partial charge in [0.2, 0.25) is 5.91 Å². The van der Waals surface area contributed by atoms with Gasteiger partial charge in [-0.2, -0.15) is 0 Å². The smallest absolute Gasteiger partial charge is 0.304 e. The number of carboxylic acid groups (broad SMARTS) is 1. The van der Waals surface area contributed by atoms with Crippen LogP contribution in [0, 0.1) is 5.92 Å². The average molecular weight is 396 g/mol. The van der Waals surface area contributed by atoms with Crippen molar-refractivity contribution in [3.63, 3.8) is 0 Å². The van der Waals surface area contributed by atoms with Gasteiger partial charge in [0, 0.05) is 13.1 Å². The molecule has 0 aromatic carbocycles. The molecule has 1 amide bonds. The highest BCUT2D eigenvalue weighted by atomic mass is 16.4. The van der Waals surface area contributed by atoms with E-state index < -0.39 is 11.9 Å². The molecule has 0 aromatic heterocycles. The number of aliphatic carboxylic acids is 1. The Balaban J connectivity index is 3.83. The van der Waals surface area contributed by atoms with E-state index in [1.165, 1.54) is 70.6 Å². The van der Waals surface area contributed by atoms with Gasteiger partial charge < -0.3 is 10.0 Å². The summed E-state index contributed by atoms with van der Waals surface area (Å²) in [7, 11) is 0. The summed E-state index contributed by atoms with van der Waals surface area (Å²) in [5, 5.41) is 9.07. The van der Waals surface area contributed by atoms with Gasteiger partial charge in [-0.3, -0.25) is 9.59 Å². The van der Waals surface area contributed by atoms with Crippen molar-refractivity contribution < 1.29 is 14.7 Å². The second kappa shape index (κ2) is 19.0. The monoisotopic (exact) mass is 395 g/mol. The molecule has 0 saturated heterocycles. The quantitative estimate of drug-likeness (QED) is 0.198. The molecule has 0 radical (unpaired) electrons. The highest BCUT2D eigenvalue weighted by Gasteiger charge is 2.22. The fourth-order valence-corrected chi connectivity index (χ4v) is 3.56. The van der Waals surface area contributed by atoms with Gasteiger partial charge in [0.1, 0.15) is 0 Å². The third kappa shape index (κ3) is 14.7. The first-order valence-corrected chi connectivity index (χ1v) is 11.7. The second-order valence-corrected chi connectivity index (χ2v) is 7.82. The predicted molar refractivity (Wildman–Crippen MR) is 119 cm³/mol. The minimum atomic E-state index is -0.916. The number of carbonyl (C=O) groups is 2. The SMILES string of the molecule is CCCCCCCCCCCCCC/C=C/C(CC(=O)O)C(=O)N(CC)CC. The molecule has 164 valence electrons. The van der Waals surface area contributed by atoms with Crippen LogP contribution < -0.4 is 0 Å². The van der Waals surface area contributed by atoms with Crippen molar-refractivity contribution in [1.29, 1.82) is 0 Å². The molecule has 0 bridgehead atoms. The van der Waals surface area contributed by atoms with E-state index in [4.69, 9.17) is 5.11 Å². The van der Waals surface area contributed by atoms with Crippen LogP contribution in [0.2, 0.25) is 0 Å². The summed E-state index contributed by atoms with van der Waals surface area (Å²) in [6.07, 6.45) is 20.6. The topological polar surface area (TPSA) is 57.6 Å². The Morgan fingerprint density at radius 3 is 1.68 bits per heavy atom. The van der Waals surface area contributed by atoms with E-state index in [0.717, 1.165) is 12.8 Å². The van der Waals surface area contributed by atoms with Gasteiger partial charge in [0.15, 0.2) is 0 Å². The predicted octanol–water partition coefficient (Wildman–Crippen LogP) is 6.59. The zero-order valence-electron chi connectivity index (χ0n) is 18.8. The van der Waals surface area contributed by atoms with Gasteiger partial charge in [-0.05, 0) is 26.7 Å². The number of hydrogen-bond acceptors (Lipinski definition) is 2. The molecule has 0 aliphatic rings. The molecular weight excluding hydrogens is 350 g/mol. The Bertz CT molecular complexity index is 416. The standard InChI is InChI=1S/C24H45NO3/c1-4-7-8-9-10-11-12-13-14-15-16-17-18-19-20-22(21-23(26)27)24(28)25(5-2)6-3/h19-20,22H,4-18,21H2,1-3H3,(H,26,27)/b20-19+. The van der Waals surface area contributed by atoms with Crippen molar-refractivity contribution in [3.8, 4) is 0 Å². The highest BCUT2D eigenvalue weighted by Crippen LogP contribution is 2.14. The van der Waals surface area contributed by atoms with E-state index in [0.29, 0.717) is 13.1 Å². The molecule has 1 unspecified atom stereocenters. The summed E-state index contributed by atoms with van der Waals surface area (Å²) in [5.74, 6) is -1.52. The lowest BCUT2D eigenvalue weighted by Crippen LogP contribution is -2.36. The second-order valence-electron chi connectivity index (χ2n) is 7.82. The van der Waals surface area contributed by atoms with Crippen LogP contribution in [0.5, 0.6) is 0 Å². The van der Waals surface area contributed by atoms with E-state index >= 15 is 0 Å². The summed E-state index contributed by atoms with van der Waals surface area (Å²) in [4.78, 5) is 25.2. The van der Waals surface area contributed by atoms with Gasteiger partial charge >= 0.3 is 5.97 Å². The molecule has 1 atom stereocenters. The lowest BCUT2D eigenvalue weighted by Gasteiger charge is -2.22. The van der Waals surface area contributed by atoms with Gasteiger partial charge in [0.25, 0.3) is 0 Å². The number of unbranched alkanes of at least 4 members (excludes halogenated alkanes) is 12. The molecule has 0 fully saturated rings. The summed E-state index contributed by atoms with van der Waals surface area (Å²) in [5.41, 5.74) is 0. The fraction of sp³-hybridized carbons (Fsp3) is 0.833. The number of amides is 1. The maximum absolute atomic E-state index is 12.4. The number of rotatable bonds is 19. The molecule has 4 nitrogen and oxygen atoms in total. The summed E-state index contributed by atoms with van der Waals surface area (Å²) in [6, 6.07) is 0. The first kappa shape index (κ1) is 26.7. The van der Waals surface area contributed by atoms with E-state index in [2.05, 4.69) is 6.92 Å². The molecule has 4 heteroatoms. The van der Waals surface area contributed by atoms with E-state index in [9.17, 15) is 9.59 Å². The number of hydrogen-bond donors (Lipinski definition) is 1. The van der Waals surface area contributed by atoms with Crippen LogP contribution in [0.15, 0.2) is 12.2 Å². The Morgan fingerprint density at radius 1 is 0.786 bits per heavy atom. The van der Waals surface area contributed by atoms with Gasteiger partial charge in [0.05, 0.1) is 12.3 Å². The summed E-state index contributed by atoms with van der Waals surface area (Å²) >= 11 is 0. The first-order chi connectivity index (χ1) is 13.6. The van der Waals surface area contributed by atoms with Crippen LogP contribution in [-0.2, 0) is 9.59 Å². The van der Waals surface area contributed by atoms with Crippen LogP contribution >= 0.6 is 0 Å². The lowest BCUT2D eigenvalue weighted by atomic mass is 10.0. The van der Waals surface area contributed by atoms with Crippen molar-refractivity contribution in [1.82, 2.24) is 4.90 Å². The third-order valence-corrected chi connectivity index (χ3v) is 5.38. The van der Waals surface area contributed by atoms with E-state index in [1.807, 2.05) is 26.0 Å². The average Bonchev–Trinajstić information content (AvgIpc) is 2.67. The molecule has 0 rings (SSSR count). The minimum Gasteiger partial charge on any atom is -0.481 e. The Kier molecular flexibility index (Phi) is 18.1. The third-order valence-electron chi connectivity index (χ3n) is 5.38. The fourth-order valence-electron chi connectivity index (χ4n) is 3.56. The first-order valence-electron chi connectivity index (χ1n) is 11.7. The molecule has 1 N–H and O–H groups in total. The van der Waals surface area contributed by atoms with Gasteiger partial charge in [-0.25, -0.2) is 0 Å². The van der Waals surface area contributed by atoms with Crippen molar-refractivity contribution in [2.75, 3.05) is 13.1 Å². The Morgan fingerprint density at radius 2 is 1.25 bits per heavy atom. The van der Waals surface area contributed by atoms with Crippen molar-refractivity contribution >= 4 is 11.9 Å². The molecule has 0 saturated carbocycles.